The Labute approximate surface area is 131 Å². The van der Waals surface area contributed by atoms with Crippen molar-refractivity contribution < 1.29 is 18.1 Å². The van der Waals surface area contributed by atoms with E-state index in [9.17, 15) is 18.1 Å². The summed E-state index contributed by atoms with van der Waals surface area (Å²) in [6.07, 6.45) is 1.40. The predicted octanol–water partition coefficient (Wildman–Crippen LogP) is 3.60. The zero-order valence-corrected chi connectivity index (χ0v) is 12.5. The van der Waals surface area contributed by atoms with Gasteiger partial charge >= 0.3 is 0 Å². The summed E-state index contributed by atoms with van der Waals surface area (Å²) in [5.74, 6) is -0.312. The largest absolute Gasteiger partial charge is 0.504 e. The van der Waals surface area contributed by atoms with Gasteiger partial charge in [-0.25, -0.2) is 0 Å². The number of nitrogens with zero attached hydrogens (tertiary/aromatic N) is 3. The molecule has 1 heterocycles. The van der Waals surface area contributed by atoms with Crippen molar-refractivity contribution in [3.8, 4) is 5.75 Å². The lowest BCUT2D eigenvalue weighted by Gasteiger charge is -2.07. The number of aromatic hydroxyl groups is 1. The molecule has 23 heavy (non-hydrogen) atoms. The lowest BCUT2D eigenvalue weighted by atomic mass is 10.2. The summed E-state index contributed by atoms with van der Waals surface area (Å²) in [6, 6.07) is 12.7. The SMILES string of the molecule is O=S(=O)(O)c1cc(N=Nc2ccccc2)c(O)c2ncccc12. The Morgan fingerprint density at radius 1 is 1.00 bits per heavy atom. The highest BCUT2D eigenvalue weighted by Crippen LogP contribution is 2.38. The average Bonchev–Trinajstić information content (AvgIpc) is 2.54. The van der Waals surface area contributed by atoms with Crippen molar-refractivity contribution >= 4 is 32.4 Å². The molecule has 1 aromatic heterocycles. The van der Waals surface area contributed by atoms with Crippen LogP contribution in [0.1, 0.15) is 0 Å². The second kappa shape index (κ2) is 5.75. The van der Waals surface area contributed by atoms with Crippen LogP contribution in [0.2, 0.25) is 0 Å². The predicted molar refractivity (Wildman–Crippen MR) is 83.8 cm³/mol. The maximum atomic E-state index is 11.6. The molecule has 0 unspecified atom stereocenters. The Morgan fingerprint density at radius 2 is 1.74 bits per heavy atom. The van der Waals surface area contributed by atoms with Crippen molar-refractivity contribution in [1.29, 1.82) is 0 Å². The highest BCUT2D eigenvalue weighted by molar-refractivity contribution is 7.86. The van der Waals surface area contributed by atoms with Crippen molar-refractivity contribution in [3.63, 3.8) is 0 Å². The van der Waals surface area contributed by atoms with E-state index in [1.807, 2.05) is 6.07 Å². The molecule has 0 saturated heterocycles. The Bertz CT molecular complexity index is 1000. The van der Waals surface area contributed by atoms with Crippen LogP contribution < -0.4 is 0 Å². The van der Waals surface area contributed by atoms with Crippen LogP contribution in [0, 0.1) is 0 Å². The summed E-state index contributed by atoms with van der Waals surface area (Å²) in [6.45, 7) is 0. The van der Waals surface area contributed by atoms with Gasteiger partial charge in [-0.2, -0.15) is 13.5 Å². The molecule has 0 atom stereocenters. The van der Waals surface area contributed by atoms with Crippen LogP contribution in [-0.4, -0.2) is 23.1 Å². The number of benzene rings is 2. The number of hydrogen-bond donors (Lipinski definition) is 2. The first-order valence-electron chi connectivity index (χ1n) is 6.52. The second-order valence-corrected chi connectivity index (χ2v) is 6.04. The molecule has 7 nitrogen and oxygen atoms in total. The minimum atomic E-state index is -4.50. The zero-order chi connectivity index (χ0) is 16.4. The van der Waals surface area contributed by atoms with Crippen LogP contribution in [0.25, 0.3) is 10.9 Å². The minimum Gasteiger partial charge on any atom is -0.504 e. The van der Waals surface area contributed by atoms with Crippen LogP contribution in [0.5, 0.6) is 5.75 Å². The van der Waals surface area contributed by atoms with Gasteiger partial charge in [0.15, 0.2) is 5.75 Å². The van der Waals surface area contributed by atoms with E-state index in [1.165, 1.54) is 18.3 Å². The fourth-order valence-electron chi connectivity index (χ4n) is 2.08. The third kappa shape index (κ3) is 3.03. The molecule has 2 aromatic carbocycles. The topological polar surface area (TPSA) is 112 Å². The highest BCUT2D eigenvalue weighted by Gasteiger charge is 2.20. The molecule has 0 bridgehead atoms. The van der Waals surface area contributed by atoms with Crippen molar-refractivity contribution in [3.05, 3.63) is 54.7 Å². The van der Waals surface area contributed by atoms with E-state index in [-0.39, 0.29) is 27.2 Å². The summed E-state index contributed by atoms with van der Waals surface area (Å²) in [4.78, 5) is 3.55. The summed E-state index contributed by atoms with van der Waals surface area (Å²) >= 11 is 0. The minimum absolute atomic E-state index is 0.0182. The Morgan fingerprint density at radius 3 is 2.43 bits per heavy atom. The molecule has 8 heteroatoms. The first-order chi connectivity index (χ1) is 11.0. The Hall–Kier alpha value is -2.84. The highest BCUT2D eigenvalue weighted by atomic mass is 32.2. The molecule has 0 radical (unpaired) electrons. The van der Waals surface area contributed by atoms with E-state index >= 15 is 0 Å². The molecule has 116 valence electrons. The fourth-order valence-corrected chi connectivity index (χ4v) is 2.78. The van der Waals surface area contributed by atoms with Crippen LogP contribution >= 0.6 is 0 Å². The number of rotatable bonds is 3. The van der Waals surface area contributed by atoms with Crippen LogP contribution in [0.15, 0.2) is 69.9 Å². The number of fused-ring (bicyclic) bond motifs is 1. The first kappa shape index (κ1) is 15.1. The number of hydrogen-bond acceptors (Lipinski definition) is 6. The van der Waals surface area contributed by atoms with E-state index < -0.39 is 10.1 Å². The number of pyridine rings is 1. The smallest absolute Gasteiger partial charge is 0.295 e. The molecule has 0 aliphatic heterocycles. The zero-order valence-electron chi connectivity index (χ0n) is 11.7. The maximum Gasteiger partial charge on any atom is 0.295 e. The van der Waals surface area contributed by atoms with E-state index in [0.717, 1.165) is 6.07 Å². The van der Waals surface area contributed by atoms with Gasteiger partial charge in [0.2, 0.25) is 0 Å². The standard InChI is InChI=1S/C15H11N3O4S/c19-15-12(18-17-10-5-2-1-3-6-10)9-13(23(20,21)22)11-7-4-8-16-14(11)15/h1-9,19H,(H,20,21,22). The molecular weight excluding hydrogens is 318 g/mol. The first-order valence-corrected chi connectivity index (χ1v) is 7.96. The van der Waals surface area contributed by atoms with Gasteiger partial charge < -0.3 is 5.11 Å². The van der Waals surface area contributed by atoms with Gasteiger partial charge in [-0.15, -0.1) is 5.11 Å². The van der Waals surface area contributed by atoms with Crippen LogP contribution in [0.3, 0.4) is 0 Å². The van der Waals surface area contributed by atoms with E-state index in [4.69, 9.17) is 0 Å². The number of azo groups is 1. The monoisotopic (exact) mass is 329 g/mol. The van der Waals surface area contributed by atoms with Gasteiger partial charge in [0.1, 0.15) is 16.1 Å². The van der Waals surface area contributed by atoms with Gasteiger partial charge in [-0.3, -0.25) is 9.54 Å². The van der Waals surface area contributed by atoms with Crippen molar-refractivity contribution in [1.82, 2.24) is 4.98 Å². The van der Waals surface area contributed by atoms with Crippen LogP contribution in [-0.2, 0) is 10.1 Å². The quantitative estimate of drug-likeness (QED) is 0.563. The normalized spacial score (nSPS) is 12.0. The molecule has 0 saturated carbocycles. The third-order valence-corrected chi connectivity index (χ3v) is 4.01. The molecular formula is C15H11N3O4S. The molecule has 0 aliphatic carbocycles. The molecule has 2 N–H and O–H groups in total. The summed E-state index contributed by atoms with van der Waals surface area (Å²) in [7, 11) is -4.50. The molecule has 3 aromatic rings. The van der Waals surface area contributed by atoms with Gasteiger partial charge in [-0.05, 0) is 30.3 Å². The number of phenols is 1. The summed E-state index contributed by atoms with van der Waals surface area (Å²) in [5.41, 5.74) is 0.443. The lowest BCUT2D eigenvalue weighted by Crippen LogP contribution is -1.99. The van der Waals surface area contributed by atoms with Crippen molar-refractivity contribution in [2.45, 2.75) is 4.90 Å². The Kier molecular flexibility index (Phi) is 3.77. The molecule has 0 aliphatic rings. The summed E-state index contributed by atoms with van der Waals surface area (Å²) in [5, 5.41) is 18.1. The Balaban J connectivity index is 2.22. The van der Waals surface area contributed by atoms with Crippen molar-refractivity contribution in [2.24, 2.45) is 10.2 Å². The lowest BCUT2D eigenvalue weighted by molar-refractivity contribution is 0.479. The van der Waals surface area contributed by atoms with Gasteiger partial charge in [-0.1, -0.05) is 18.2 Å². The second-order valence-electron chi connectivity index (χ2n) is 4.65. The maximum absolute atomic E-state index is 11.6. The molecule has 0 fully saturated rings. The fraction of sp³-hybridized carbons (Fsp3) is 0. The van der Waals surface area contributed by atoms with E-state index in [0.29, 0.717) is 5.69 Å². The molecule has 0 amide bonds. The van der Waals surface area contributed by atoms with Crippen molar-refractivity contribution in [2.75, 3.05) is 0 Å². The average molecular weight is 329 g/mol. The van der Waals surface area contributed by atoms with Gasteiger partial charge in [0.25, 0.3) is 10.1 Å². The van der Waals surface area contributed by atoms with Gasteiger partial charge in [0, 0.05) is 11.6 Å². The molecule has 0 spiro atoms. The van der Waals surface area contributed by atoms with E-state index in [1.54, 1.807) is 24.3 Å². The van der Waals surface area contributed by atoms with Gasteiger partial charge in [0.05, 0.1) is 5.69 Å². The molecule has 3 rings (SSSR count). The third-order valence-electron chi connectivity index (χ3n) is 3.12. The number of phenolic OH excluding ortho intramolecular Hbond substituents is 1. The summed E-state index contributed by atoms with van der Waals surface area (Å²) < 4.78 is 32.5. The number of aromatic nitrogens is 1. The van der Waals surface area contributed by atoms with E-state index in [2.05, 4.69) is 15.2 Å². The van der Waals surface area contributed by atoms with Crippen LogP contribution in [0.4, 0.5) is 11.4 Å².